The number of carbonyl (C=O) groups is 1. The van der Waals surface area contributed by atoms with E-state index in [1.54, 1.807) is 0 Å². The SMILES string of the molecule is COc1ncc(-c2nc(C(=O)O)cs2)c(OC)n1. The van der Waals surface area contributed by atoms with Crippen LogP contribution in [0.3, 0.4) is 0 Å². The molecule has 0 saturated heterocycles. The van der Waals surface area contributed by atoms with Crippen LogP contribution in [0.15, 0.2) is 11.6 Å². The molecule has 2 heterocycles. The lowest BCUT2D eigenvalue weighted by molar-refractivity contribution is 0.0691. The summed E-state index contributed by atoms with van der Waals surface area (Å²) in [6, 6.07) is 0.172. The molecule has 0 unspecified atom stereocenters. The summed E-state index contributed by atoms with van der Waals surface area (Å²) in [7, 11) is 2.90. The standard InChI is InChI=1S/C10H9N3O4S/c1-16-7-5(3-11-10(13-7)17-2)8-12-6(4-18-8)9(14)15/h3-4H,1-2H3,(H,14,15). The maximum Gasteiger partial charge on any atom is 0.355 e. The van der Waals surface area contributed by atoms with Gasteiger partial charge in [-0.2, -0.15) is 4.98 Å². The van der Waals surface area contributed by atoms with Crippen molar-refractivity contribution >= 4 is 17.3 Å². The zero-order valence-electron chi connectivity index (χ0n) is 9.58. The minimum atomic E-state index is -1.08. The van der Waals surface area contributed by atoms with Crippen LogP contribution in [-0.2, 0) is 0 Å². The van der Waals surface area contributed by atoms with E-state index in [4.69, 9.17) is 14.6 Å². The second-order valence-electron chi connectivity index (χ2n) is 3.12. The highest BCUT2D eigenvalue weighted by Crippen LogP contribution is 2.31. The minimum Gasteiger partial charge on any atom is -0.480 e. The molecule has 94 valence electrons. The normalized spacial score (nSPS) is 10.1. The number of methoxy groups -OCH3 is 2. The Labute approximate surface area is 106 Å². The first-order chi connectivity index (χ1) is 8.65. The van der Waals surface area contributed by atoms with Gasteiger partial charge in [-0.1, -0.05) is 0 Å². The quantitative estimate of drug-likeness (QED) is 0.892. The molecule has 8 heteroatoms. The maximum absolute atomic E-state index is 10.8. The average Bonchev–Trinajstić information content (AvgIpc) is 2.87. The number of aromatic nitrogens is 3. The zero-order valence-corrected chi connectivity index (χ0v) is 10.4. The smallest absolute Gasteiger partial charge is 0.355 e. The topological polar surface area (TPSA) is 94.4 Å². The van der Waals surface area contributed by atoms with Crippen molar-refractivity contribution in [3.05, 3.63) is 17.3 Å². The van der Waals surface area contributed by atoms with Gasteiger partial charge >= 0.3 is 12.0 Å². The van der Waals surface area contributed by atoms with Crippen LogP contribution in [-0.4, -0.2) is 40.2 Å². The first-order valence-electron chi connectivity index (χ1n) is 4.80. The molecule has 0 atom stereocenters. The summed E-state index contributed by atoms with van der Waals surface area (Å²) in [6.45, 7) is 0. The van der Waals surface area contributed by atoms with Gasteiger partial charge in [-0.15, -0.1) is 11.3 Å². The highest BCUT2D eigenvalue weighted by Gasteiger charge is 2.16. The molecule has 2 aromatic heterocycles. The monoisotopic (exact) mass is 267 g/mol. The van der Waals surface area contributed by atoms with Crippen LogP contribution in [0.5, 0.6) is 11.9 Å². The molecular weight excluding hydrogens is 258 g/mol. The fourth-order valence-electron chi connectivity index (χ4n) is 1.25. The van der Waals surface area contributed by atoms with E-state index < -0.39 is 5.97 Å². The fraction of sp³-hybridized carbons (Fsp3) is 0.200. The van der Waals surface area contributed by atoms with Gasteiger partial charge in [0.25, 0.3) is 0 Å². The van der Waals surface area contributed by atoms with Crippen molar-refractivity contribution in [2.75, 3.05) is 14.2 Å². The second-order valence-corrected chi connectivity index (χ2v) is 3.98. The van der Waals surface area contributed by atoms with E-state index in [1.165, 1.54) is 37.1 Å². The molecule has 18 heavy (non-hydrogen) atoms. The number of hydrogen-bond acceptors (Lipinski definition) is 7. The van der Waals surface area contributed by atoms with E-state index in [9.17, 15) is 4.79 Å². The molecule has 0 amide bonds. The Kier molecular flexibility index (Phi) is 3.38. The van der Waals surface area contributed by atoms with Gasteiger partial charge in [-0.3, -0.25) is 0 Å². The summed E-state index contributed by atoms with van der Waals surface area (Å²) in [6.07, 6.45) is 1.48. The number of aromatic carboxylic acids is 1. The Bertz CT molecular complexity index is 584. The van der Waals surface area contributed by atoms with E-state index in [2.05, 4.69) is 15.0 Å². The third-order valence-corrected chi connectivity index (χ3v) is 2.94. The molecule has 0 aliphatic carbocycles. The van der Waals surface area contributed by atoms with E-state index >= 15 is 0 Å². The third-order valence-electron chi connectivity index (χ3n) is 2.06. The first-order valence-corrected chi connectivity index (χ1v) is 5.68. The van der Waals surface area contributed by atoms with Crippen LogP contribution < -0.4 is 9.47 Å². The van der Waals surface area contributed by atoms with Crippen molar-refractivity contribution in [1.29, 1.82) is 0 Å². The molecule has 7 nitrogen and oxygen atoms in total. The first kappa shape index (κ1) is 12.2. The van der Waals surface area contributed by atoms with Crippen LogP contribution >= 0.6 is 11.3 Å². The number of thiazole rings is 1. The van der Waals surface area contributed by atoms with Crippen molar-refractivity contribution in [1.82, 2.24) is 15.0 Å². The van der Waals surface area contributed by atoms with Gasteiger partial charge in [0.2, 0.25) is 5.88 Å². The van der Waals surface area contributed by atoms with E-state index in [0.29, 0.717) is 10.6 Å². The third kappa shape index (κ3) is 2.23. The molecule has 0 fully saturated rings. The van der Waals surface area contributed by atoms with Crippen LogP contribution in [0.2, 0.25) is 0 Å². The molecule has 2 aromatic rings. The van der Waals surface area contributed by atoms with Crippen molar-refractivity contribution in [3.63, 3.8) is 0 Å². The number of ether oxygens (including phenoxy) is 2. The van der Waals surface area contributed by atoms with Crippen LogP contribution in [0.1, 0.15) is 10.5 Å². The van der Waals surface area contributed by atoms with E-state index in [0.717, 1.165) is 0 Å². The Hall–Kier alpha value is -2.22. The van der Waals surface area contributed by atoms with Gasteiger partial charge in [-0.25, -0.2) is 14.8 Å². The lowest BCUT2D eigenvalue weighted by atomic mass is 10.3. The molecule has 0 aliphatic rings. The molecular formula is C10H9N3O4S. The van der Waals surface area contributed by atoms with Crippen LogP contribution in [0, 0.1) is 0 Å². The van der Waals surface area contributed by atoms with Gasteiger partial charge in [0.1, 0.15) is 5.01 Å². The lowest BCUT2D eigenvalue weighted by Crippen LogP contribution is -1.98. The molecule has 0 aliphatic heterocycles. The zero-order chi connectivity index (χ0) is 13.1. The highest BCUT2D eigenvalue weighted by atomic mass is 32.1. The fourth-order valence-corrected chi connectivity index (χ4v) is 2.04. The largest absolute Gasteiger partial charge is 0.480 e. The molecule has 0 aromatic carbocycles. The summed E-state index contributed by atoms with van der Waals surface area (Å²) >= 11 is 1.18. The molecule has 0 radical (unpaired) electrons. The Balaban J connectivity index is 2.45. The lowest BCUT2D eigenvalue weighted by Gasteiger charge is -2.05. The van der Waals surface area contributed by atoms with Crippen LogP contribution in [0.25, 0.3) is 10.6 Å². The molecule has 0 spiro atoms. The molecule has 0 saturated carbocycles. The molecule has 2 rings (SSSR count). The van der Waals surface area contributed by atoms with Crippen molar-refractivity contribution in [2.45, 2.75) is 0 Å². The minimum absolute atomic E-state index is 0.0205. The van der Waals surface area contributed by atoms with Gasteiger partial charge in [0.05, 0.1) is 19.8 Å². The van der Waals surface area contributed by atoms with Crippen LogP contribution in [0.4, 0.5) is 0 Å². The molecule has 1 N–H and O–H groups in total. The summed E-state index contributed by atoms with van der Waals surface area (Å²) in [5.41, 5.74) is 0.503. The van der Waals surface area contributed by atoms with E-state index in [1.807, 2.05) is 0 Å². The predicted molar refractivity (Wildman–Crippen MR) is 63.2 cm³/mol. The predicted octanol–water partition coefficient (Wildman–Crippen LogP) is 1.32. The number of carboxylic acids is 1. The second kappa shape index (κ2) is 4.96. The summed E-state index contributed by atoms with van der Waals surface area (Å²) in [5.74, 6) is -0.793. The van der Waals surface area contributed by atoms with Gasteiger partial charge in [0, 0.05) is 11.6 Å². The molecule has 0 bridgehead atoms. The Morgan fingerprint density at radius 2 is 2.11 bits per heavy atom. The Morgan fingerprint density at radius 3 is 2.67 bits per heavy atom. The summed E-state index contributed by atoms with van der Waals surface area (Å²) < 4.78 is 9.98. The number of carboxylic acid groups (broad SMARTS) is 1. The van der Waals surface area contributed by atoms with Gasteiger partial charge in [-0.05, 0) is 0 Å². The van der Waals surface area contributed by atoms with Crippen molar-refractivity contribution < 1.29 is 19.4 Å². The summed E-state index contributed by atoms with van der Waals surface area (Å²) in [5, 5.41) is 10.7. The van der Waals surface area contributed by atoms with Gasteiger partial charge in [0.15, 0.2) is 5.69 Å². The number of rotatable bonds is 4. The average molecular weight is 267 g/mol. The van der Waals surface area contributed by atoms with Gasteiger partial charge < -0.3 is 14.6 Å². The van der Waals surface area contributed by atoms with Crippen molar-refractivity contribution in [2.24, 2.45) is 0 Å². The van der Waals surface area contributed by atoms with Crippen molar-refractivity contribution in [3.8, 4) is 22.5 Å². The number of hydrogen-bond donors (Lipinski definition) is 1. The maximum atomic E-state index is 10.8. The Morgan fingerprint density at radius 1 is 1.33 bits per heavy atom. The highest BCUT2D eigenvalue weighted by molar-refractivity contribution is 7.13. The summed E-state index contributed by atoms with van der Waals surface area (Å²) in [4.78, 5) is 22.7. The van der Waals surface area contributed by atoms with E-state index in [-0.39, 0.29) is 17.6 Å². The number of nitrogens with zero attached hydrogens (tertiary/aromatic N) is 3.